The van der Waals surface area contributed by atoms with Gasteiger partial charge in [0.1, 0.15) is 9.88 Å². The Morgan fingerprint density at radius 2 is 2.18 bits per heavy atom. The molecule has 1 atom stereocenters. The number of hydrogen-bond donors (Lipinski definition) is 1. The summed E-state index contributed by atoms with van der Waals surface area (Å²) in [5.74, 6) is 0.768. The minimum Gasteiger partial charge on any atom is -0.341 e. The van der Waals surface area contributed by atoms with Crippen molar-refractivity contribution in [1.82, 2.24) is 20.4 Å². The number of thiophene rings is 1. The van der Waals surface area contributed by atoms with Crippen LogP contribution in [0.3, 0.4) is 0 Å². The van der Waals surface area contributed by atoms with Gasteiger partial charge in [0.05, 0.1) is 16.6 Å². The van der Waals surface area contributed by atoms with Crippen LogP contribution in [0, 0.1) is 13.8 Å². The van der Waals surface area contributed by atoms with Crippen molar-refractivity contribution in [3.63, 3.8) is 0 Å². The third-order valence-corrected chi connectivity index (χ3v) is 5.21. The van der Waals surface area contributed by atoms with Crippen LogP contribution in [0.15, 0.2) is 22.0 Å². The summed E-state index contributed by atoms with van der Waals surface area (Å²) in [6.07, 6.45) is 0. The van der Waals surface area contributed by atoms with E-state index in [0.717, 1.165) is 15.6 Å². The average Bonchev–Trinajstić information content (AvgIpc) is 3.18. The molecule has 0 radical (unpaired) electrons. The van der Waals surface area contributed by atoms with Gasteiger partial charge in [-0.3, -0.25) is 4.79 Å². The number of aromatic nitrogens is 3. The Morgan fingerprint density at radius 3 is 2.82 bits per heavy atom. The van der Waals surface area contributed by atoms with Crippen LogP contribution in [-0.4, -0.2) is 21.0 Å². The van der Waals surface area contributed by atoms with Crippen molar-refractivity contribution < 1.29 is 9.32 Å². The second-order valence-corrected chi connectivity index (χ2v) is 6.72. The van der Waals surface area contributed by atoms with Crippen molar-refractivity contribution in [3.05, 3.63) is 39.8 Å². The highest BCUT2D eigenvalue weighted by Gasteiger charge is 2.20. The fourth-order valence-corrected chi connectivity index (χ4v) is 3.70. The number of carbonyl (C=O) groups excluding carboxylic acids is 1. The van der Waals surface area contributed by atoms with Crippen LogP contribution in [0.5, 0.6) is 0 Å². The molecule has 0 aliphatic heterocycles. The highest BCUT2D eigenvalue weighted by Crippen LogP contribution is 2.31. The smallest absolute Gasteiger partial charge is 0.263 e. The summed E-state index contributed by atoms with van der Waals surface area (Å²) in [6, 6.07) is 3.64. The van der Waals surface area contributed by atoms with Crippen molar-refractivity contribution in [1.29, 1.82) is 0 Å². The van der Waals surface area contributed by atoms with E-state index in [9.17, 15) is 4.79 Å². The van der Waals surface area contributed by atoms with Gasteiger partial charge < -0.3 is 9.84 Å². The van der Waals surface area contributed by atoms with E-state index in [1.165, 1.54) is 11.3 Å². The topological polar surface area (TPSA) is 80.9 Å². The molecule has 1 amide bonds. The Bertz CT molecular complexity index is 792. The van der Waals surface area contributed by atoms with E-state index < -0.39 is 0 Å². The first-order valence-corrected chi connectivity index (χ1v) is 8.36. The number of thiazole rings is 1. The molecule has 0 aliphatic carbocycles. The third-order valence-electron chi connectivity index (χ3n) is 3.01. The Hall–Kier alpha value is -2.06. The maximum atomic E-state index is 12.4. The first-order valence-electron chi connectivity index (χ1n) is 6.67. The first kappa shape index (κ1) is 14.9. The molecule has 3 rings (SSSR count). The molecule has 0 saturated heterocycles. The molecule has 3 heterocycles. The predicted molar refractivity (Wildman–Crippen MR) is 85.1 cm³/mol. The summed E-state index contributed by atoms with van der Waals surface area (Å²) in [6.45, 7) is 5.37. The minimum absolute atomic E-state index is 0.173. The number of nitrogens with one attached hydrogen (secondary N) is 1. The average molecular weight is 334 g/mol. The number of hydrogen-bond acceptors (Lipinski definition) is 7. The molecule has 0 saturated carbocycles. The molecule has 0 bridgehead atoms. The minimum atomic E-state index is -0.323. The van der Waals surface area contributed by atoms with E-state index in [2.05, 4.69) is 20.4 Å². The molecule has 0 aromatic carbocycles. The van der Waals surface area contributed by atoms with Gasteiger partial charge in [0.2, 0.25) is 5.89 Å². The number of carbonyl (C=O) groups is 1. The van der Waals surface area contributed by atoms with Crippen LogP contribution < -0.4 is 5.32 Å². The van der Waals surface area contributed by atoms with Crippen molar-refractivity contribution in [2.24, 2.45) is 0 Å². The molecular formula is C14H14N4O2S2. The second kappa shape index (κ2) is 5.98. The van der Waals surface area contributed by atoms with Crippen LogP contribution in [0.1, 0.15) is 40.0 Å². The SMILES string of the molecule is Cc1nc([C@@H](C)NC(=O)c2sc(-c3cccs3)nc2C)no1. The van der Waals surface area contributed by atoms with Crippen molar-refractivity contribution in [3.8, 4) is 9.88 Å². The van der Waals surface area contributed by atoms with Gasteiger partial charge in [-0.1, -0.05) is 11.2 Å². The highest BCUT2D eigenvalue weighted by atomic mass is 32.1. The van der Waals surface area contributed by atoms with E-state index in [4.69, 9.17) is 4.52 Å². The van der Waals surface area contributed by atoms with E-state index in [-0.39, 0.29) is 11.9 Å². The standard InChI is InChI=1S/C14H14N4O2S2/c1-7-11(22-14(16-7)10-5-4-6-21-10)13(19)15-8(2)12-17-9(3)20-18-12/h4-6,8H,1-3H3,(H,15,19)/t8-/m1/s1. The molecule has 6 nitrogen and oxygen atoms in total. The number of amides is 1. The number of rotatable bonds is 4. The molecule has 8 heteroatoms. The zero-order chi connectivity index (χ0) is 15.7. The maximum absolute atomic E-state index is 12.4. The maximum Gasteiger partial charge on any atom is 0.263 e. The molecule has 0 spiro atoms. The van der Waals surface area contributed by atoms with Crippen LogP contribution >= 0.6 is 22.7 Å². The summed E-state index contributed by atoms with van der Waals surface area (Å²) in [5.41, 5.74) is 0.724. The number of aryl methyl sites for hydroxylation is 2. The third kappa shape index (κ3) is 2.93. The molecular weight excluding hydrogens is 320 g/mol. The van der Waals surface area contributed by atoms with Gasteiger partial charge in [-0.2, -0.15) is 4.98 Å². The highest BCUT2D eigenvalue weighted by molar-refractivity contribution is 7.22. The van der Waals surface area contributed by atoms with E-state index in [1.54, 1.807) is 18.3 Å². The van der Waals surface area contributed by atoms with Gasteiger partial charge in [-0.05, 0) is 25.3 Å². The lowest BCUT2D eigenvalue weighted by Gasteiger charge is -2.08. The fourth-order valence-electron chi connectivity index (χ4n) is 1.93. The molecule has 3 aromatic heterocycles. The molecule has 3 aromatic rings. The van der Waals surface area contributed by atoms with Crippen molar-refractivity contribution in [2.45, 2.75) is 26.8 Å². The first-order chi connectivity index (χ1) is 10.5. The summed E-state index contributed by atoms with van der Waals surface area (Å²) in [5, 5.41) is 9.55. The summed E-state index contributed by atoms with van der Waals surface area (Å²) >= 11 is 3.00. The van der Waals surface area contributed by atoms with E-state index >= 15 is 0 Å². The van der Waals surface area contributed by atoms with E-state index in [1.807, 2.05) is 31.4 Å². The van der Waals surface area contributed by atoms with Crippen molar-refractivity contribution in [2.75, 3.05) is 0 Å². The van der Waals surface area contributed by atoms with Gasteiger partial charge in [0.25, 0.3) is 5.91 Å². The molecule has 1 N–H and O–H groups in total. The molecule has 114 valence electrons. The Labute approximate surface area is 135 Å². The van der Waals surface area contributed by atoms with E-state index in [0.29, 0.717) is 16.6 Å². The molecule has 22 heavy (non-hydrogen) atoms. The van der Waals surface area contributed by atoms with Crippen molar-refractivity contribution >= 4 is 28.6 Å². The Kier molecular flexibility index (Phi) is 4.04. The van der Waals surface area contributed by atoms with Crippen LogP contribution in [0.4, 0.5) is 0 Å². The lowest BCUT2D eigenvalue weighted by molar-refractivity contribution is 0.0941. The van der Waals surface area contributed by atoms with Crippen LogP contribution in [0.25, 0.3) is 9.88 Å². The summed E-state index contributed by atoms with van der Waals surface area (Å²) in [7, 11) is 0. The van der Waals surface area contributed by atoms with Crippen LogP contribution in [-0.2, 0) is 0 Å². The Balaban J connectivity index is 1.78. The fraction of sp³-hybridized carbons (Fsp3) is 0.286. The van der Waals surface area contributed by atoms with Gasteiger partial charge in [0.15, 0.2) is 5.82 Å². The van der Waals surface area contributed by atoms with Gasteiger partial charge >= 0.3 is 0 Å². The molecule has 0 aliphatic rings. The molecule has 0 fully saturated rings. The Morgan fingerprint density at radius 1 is 1.36 bits per heavy atom. The predicted octanol–water partition coefficient (Wildman–Crippen LogP) is 3.36. The largest absolute Gasteiger partial charge is 0.341 e. The molecule has 0 unspecified atom stereocenters. The normalized spacial score (nSPS) is 12.3. The van der Waals surface area contributed by atoms with Gasteiger partial charge in [-0.15, -0.1) is 22.7 Å². The zero-order valence-corrected chi connectivity index (χ0v) is 13.9. The quantitative estimate of drug-likeness (QED) is 0.791. The lowest BCUT2D eigenvalue weighted by atomic mass is 10.3. The summed E-state index contributed by atoms with van der Waals surface area (Å²) < 4.78 is 4.93. The van der Waals surface area contributed by atoms with Gasteiger partial charge in [-0.25, -0.2) is 4.98 Å². The lowest BCUT2D eigenvalue weighted by Crippen LogP contribution is -2.27. The second-order valence-electron chi connectivity index (χ2n) is 4.78. The zero-order valence-electron chi connectivity index (χ0n) is 12.3. The van der Waals surface area contributed by atoms with Crippen LogP contribution in [0.2, 0.25) is 0 Å². The summed E-state index contributed by atoms with van der Waals surface area (Å²) in [4.78, 5) is 22.7. The monoisotopic (exact) mass is 334 g/mol. The number of nitrogens with zero attached hydrogens (tertiary/aromatic N) is 3. The van der Waals surface area contributed by atoms with Gasteiger partial charge in [0, 0.05) is 6.92 Å².